The lowest BCUT2D eigenvalue weighted by molar-refractivity contribution is 0.0697. The average molecular weight is 357 g/mol. The van der Waals surface area contributed by atoms with Crippen LogP contribution in [0.5, 0.6) is 0 Å². The van der Waals surface area contributed by atoms with Gasteiger partial charge in [0.25, 0.3) is 0 Å². The van der Waals surface area contributed by atoms with Crippen molar-refractivity contribution >= 4 is 23.0 Å². The van der Waals surface area contributed by atoms with E-state index in [1.807, 2.05) is 17.0 Å². The highest BCUT2D eigenvalue weighted by atomic mass is 16.4. The number of aliphatic hydroxyl groups is 2. The number of hydrogen-bond acceptors (Lipinski definition) is 6. The minimum Gasteiger partial charge on any atom is -0.478 e. The Kier molecular flexibility index (Phi) is 6.82. The van der Waals surface area contributed by atoms with Crippen LogP contribution in [0, 0.1) is 0 Å². The molecule has 138 valence electrons. The normalized spacial score (nSPS) is 13.5. The molecular weight excluding hydrogens is 334 g/mol. The van der Waals surface area contributed by atoms with Crippen molar-refractivity contribution in [3.05, 3.63) is 54.1 Å². The quantitative estimate of drug-likeness (QED) is 0.628. The second kappa shape index (κ2) is 9.07. The highest BCUT2D eigenvalue weighted by molar-refractivity contribution is 5.87. The molecule has 0 aliphatic heterocycles. The van der Waals surface area contributed by atoms with Crippen molar-refractivity contribution in [2.75, 3.05) is 18.0 Å². The average Bonchev–Trinajstić information content (AvgIpc) is 2.59. The molecule has 2 aromatic carbocycles. The van der Waals surface area contributed by atoms with Crippen LogP contribution in [-0.2, 0) is 0 Å². The molecule has 0 bridgehead atoms. The number of benzene rings is 2. The Labute approximate surface area is 152 Å². The van der Waals surface area contributed by atoms with Crippen LogP contribution in [0.15, 0.2) is 58.8 Å². The maximum atomic E-state index is 10.8. The third-order valence-electron chi connectivity index (χ3n) is 3.58. The standard InChI is InChI=1S/C19H23N3O4/c1-13(23)11-22(12-14(2)24)18-9-7-17(8-10-18)21-20-16-5-3-15(4-6-16)19(25)26/h3-10,13-14,23-24H,11-12H2,1-2H3,(H,25,26). The molecule has 7 heteroatoms. The predicted octanol–water partition coefficient (Wildman–Crippen LogP) is 3.37. The van der Waals surface area contributed by atoms with Crippen molar-refractivity contribution in [3.63, 3.8) is 0 Å². The van der Waals surface area contributed by atoms with Gasteiger partial charge in [-0.05, 0) is 62.4 Å². The van der Waals surface area contributed by atoms with Gasteiger partial charge in [-0.2, -0.15) is 10.2 Å². The van der Waals surface area contributed by atoms with Crippen molar-refractivity contribution in [2.24, 2.45) is 10.2 Å². The molecule has 0 aliphatic carbocycles. The van der Waals surface area contributed by atoms with Crippen LogP contribution in [0.1, 0.15) is 24.2 Å². The second-order valence-electron chi connectivity index (χ2n) is 6.17. The Hall–Kier alpha value is -2.77. The molecule has 2 atom stereocenters. The molecular formula is C19H23N3O4. The predicted molar refractivity (Wildman–Crippen MR) is 99.6 cm³/mol. The molecule has 0 heterocycles. The van der Waals surface area contributed by atoms with E-state index in [4.69, 9.17) is 5.11 Å². The molecule has 0 aliphatic rings. The third-order valence-corrected chi connectivity index (χ3v) is 3.58. The largest absolute Gasteiger partial charge is 0.478 e. The van der Waals surface area contributed by atoms with Crippen LogP contribution in [0.3, 0.4) is 0 Å². The minimum atomic E-state index is -0.983. The third kappa shape index (κ3) is 5.94. The Morgan fingerprint density at radius 1 is 0.885 bits per heavy atom. The Morgan fingerprint density at radius 3 is 1.69 bits per heavy atom. The number of carboxylic acid groups (broad SMARTS) is 1. The fourth-order valence-corrected chi connectivity index (χ4v) is 2.44. The fraction of sp³-hybridized carbons (Fsp3) is 0.316. The van der Waals surface area contributed by atoms with E-state index in [1.54, 1.807) is 38.1 Å². The number of rotatable bonds is 8. The summed E-state index contributed by atoms with van der Waals surface area (Å²) in [5.41, 5.74) is 2.27. The molecule has 7 nitrogen and oxygen atoms in total. The lowest BCUT2D eigenvalue weighted by Crippen LogP contribution is -2.36. The van der Waals surface area contributed by atoms with Gasteiger partial charge in [-0.25, -0.2) is 4.79 Å². The molecule has 2 rings (SSSR count). The Balaban J connectivity index is 2.08. The molecule has 0 fully saturated rings. The summed E-state index contributed by atoms with van der Waals surface area (Å²) < 4.78 is 0. The summed E-state index contributed by atoms with van der Waals surface area (Å²) in [6, 6.07) is 13.4. The van der Waals surface area contributed by atoms with Crippen molar-refractivity contribution in [2.45, 2.75) is 26.1 Å². The first-order valence-electron chi connectivity index (χ1n) is 8.31. The topological polar surface area (TPSA) is 106 Å². The summed E-state index contributed by atoms with van der Waals surface area (Å²) in [6.45, 7) is 4.24. The summed E-state index contributed by atoms with van der Waals surface area (Å²) in [5.74, 6) is -0.983. The van der Waals surface area contributed by atoms with E-state index >= 15 is 0 Å². The van der Waals surface area contributed by atoms with Gasteiger partial charge in [-0.1, -0.05) is 0 Å². The van der Waals surface area contributed by atoms with E-state index in [2.05, 4.69) is 10.2 Å². The van der Waals surface area contributed by atoms with Crippen molar-refractivity contribution in [1.82, 2.24) is 0 Å². The van der Waals surface area contributed by atoms with Crippen LogP contribution in [0.4, 0.5) is 17.1 Å². The van der Waals surface area contributed by atoms with E-state index in [1.165, 1.54) is 12.1 Å². The molecule has 3 N–H and O–H groups in total. The van der Waals surface area contributed by atoms with Gasteiger partial charge >= 0.3 is 5.97 Å². The van der Waals surface area contributed by atoms with Crippen molar-refractivity contribution in [3.8, 4) is 0 Å². The minimum absolute atomic E-state index is 0.199. The summed E-state index contributed by atoms with van der Waals surface area (Å²) in [6.07, 6.45) is -1.02. The number of aromatic carboxylic acids is 1. The van der Waals surface area contributed by atoms with Crippen LogP contribution in [0.2, 0.25) is 0 Å². The van der Waals surface area contributed by atoms with Crippen LogP contribution < -0.4 is 4.90 Å². The van der Waals surface area contributed by atoms with E-state index in [-0.39, 0.29) is 5.56 Å². The summed E-state index contributed by atoms with van der Waals surface area (Å²) in [4.78, 5) is 12.7. The Bertz CT molecular complexity index is 730. The molecule has 0 radical (unpaired) electrons. The van der Waals surface area contributed by atoms with Crippen LogP contribution >= 0.6 is 0 Å². The van der Waals surface area contributed by atoms with E-state index in [0.29, 0.717) is 24.5 Å². The zero-order chi connectivity index (χ0) is 19.1. The van der Waals surface area contributed by atoms with E-state index in [0.717, 1.165) is 5.69 Å². The van der Waals surface area contributed by atoms with E-state index < -0.39 is 18.2 Å². The van der Waals surface area contributed by atoms with Gasteiger partial charge in [0.2, 0.25) is 0 Å². The zero-order valence-corrected chi connectivity index (χ0v) is 14.8. The van der Waals surface area contributed by atoms with Gasteiger partial charge < -0.3 is 20.2 Å². The molecule has 0 amide bonds. The number of carboxylic acids is 1. The highest BCUT2D eigenvalue weighted by Gasteiger charge is 2.12. The SMILES string of the molecule is CC(O)CN(CC(C)O)c1ccc(N=Nc2ccc(C(=O)O)cc2)cc1. The van der Waals surface area contributed by atoms with Gasteiger partial charge in [0.05, 0.1) is 29.1 Å². The Morgan fingerprint density at radius 2 is 1.31 bits per heavy atom. The van der Waals surface area contributed by atoms with E-state index in [9.17, 15) is 15.0 Å². The maximum Gasteiger partial charge on any atom is 0.335 e. The van der Waals surface area contributed by atoms with Gasteiger partial charge in [-0.15, -0.1) is 0 Å². The lowest BCUT2D eigenvalue weighted by Gasteiger charge is -2.27. The summed E-state index contributed by atoms with van der Waals surface area (Å²) in [5, 5.41) is 36.3. The van der Waals surface area contributed by atoms with Gasteiger partial charge in [-0.3, -0.25) is 0 Å². The molecule has 0 spiro atoms. The lowest BCUT2D eigenvalue weighted by atomic mass is 10.2. The number of carbonyl (C=O) groups is 1. The van der Waals surface area contributed by atoms with Gasteiger partial charge in [0.1, 0.15) is 0 Å². The number of nitrogens with zero attached hydrogens (tertiary/aromatic N) is 3. The monoisotopic (exact) mass is 357 g/mol. The summed E-state index contributed by atoms with van der Waals surface area (Å²) in [7, 11) is 0. The first-order valence-corrected chi connectivity index (χ1v) is 8.31. The zero-order valence-electron chi connectivity index (χ0n) is 14.8. The second-order valence-corrected chi connectivity index (χ2v) is 6.17. The highest BCUT2D eigenvalue weighted by Crippen LogP contribution is 2.23. The molecule has 0 aromatic heterocycles. The van der Waals surface area contributed by atoms with Crippen molar-refractivity contribution in [1.29, 1.82) is 0 Å². The smallest absolute Gasteiger partial charge is 0.335 e. The first-order chi connectivity index (χ1) is 12.3. The van der Waals surface area contributed by atoms with Gasteiger partial charge in [0, 0.05) is 18.8 Å². The molecule has 26 heavy (non-hydrogen) atoms. The summed E-state index contributed by atoms with van der Waals surface area (Å²) >= 11 is 0. The van der Waals surface area contributed by atoms with Crippen LogP contribution in [0.25, 0.3) is 0 Å². The van der Waals surface area contributed by atoms with Crippen molar-refractivity contribution < 1.29 is 20.1 Å². The fourth-order valence-electron chi connectivity index (χ4n) is 2.44. The van der Waals surface area contributed by atoms with Gasteiger partial charge in [0.15, 0.2) is 0 Å². The molecule has 2 aromatic rings. The van der Waals surface area contributed by atoms with Crippen LogP contribution in [-0.4, -0.2) is 46.6 Å². The maximum absolute atomic E-state index is 10.8. The molecule has 2 unspecified atom stereocenters. The molecule has 0 saturated heterocycles. The number of hydrogen-bond donors (Lipinski definition) is 3. The first kappa shape index (κ1) is 19.6. The number of anilines is 1. The molecule has 0 saturated carbocycles. The number of azo groups is 1. The number of aliphatic hydroxyl groups excluding tert-OH is 2.